The lowest BCUT2D eigenvalue weighted by Gasteiger charge is -2.16. The molecule has 2 atom stereocenters. The van der Waals surface area contributed by atoms with E-state index < -0.39 is 0 Å². The number of fused-ring (bicyclic) bond motifs is 8. The Morgan fingerprint density at radius 2 is 1.62 bits per heavy atom. The lowest BCUT2D eigenvalue weighted by molar-refractivity contribution is -0.140. The Morgan fingerprint density at radius 1 is 0.949 bits per heavy atom. The second-order valence-corrected chi connectivity index (χ2v) is 10.8. The number of carbonyl (C=O) groups excluding carboxylic acids is 1. The second kappa shape index (κ2) is 10.5. The van der Waals surface area contributed by atoms with E-state index in [1.54, 1.807) is 0 Å². The van der Waals surface area contributed by atoms with Gasteiger partial charge in [0.15, 0.2) is 0 Å². The largest absolute Gasteiger partial charge is 0.469 e. The third kappa shape index (κ3) is 4.69. The van der Waals surface area contributed by atoms with Crippen LogP contribution in [0.2, 0.25) is 0 Å². The highest BCUT2D eigenvalue weighted by molar-refractivity contribution is 5.85. The van der Waals surface area contributed by atoms with Crippen LogP contribution in [-0.4, -0.2) is 38.1 Å². The Hall–Kier alpha value is -3.71. The van der Waals surface area contributed by atoms with E-state index in [0.717, 1.165) is 73.5 Å². The molecule has 0 unspecified atom stereocenters. The molecule has 39 heavy (non-hydrogen) atoms. The van der Waals surface area contributed by atoms with Crippen molar-refractivity contribution in [2.24, 2.45) is 0 Å². The van der Waals surface area contributed by atoms with Crippen LogP contribution in [0.25, 0.3) is 33.7 Å². The molecule has 0 spiro atoms. The van der Waals surface area contributed by atoms with Gasteiger partial charge >= 0.3 is 5.97 Å². The van der Waals surface area contributed by atoms with Crippen LogP contribution in [0.4, 0.5) is 0 Å². The van der Waals surface area contributed by atoms with Gasteiger partial charge in [-0.1, -0.05) is 13.8 Å². The smallest absolute Gasteiger partial charge is 0.305 e. The fourth-order valence-electron chi connectivity index (χ4n) is 6.03. The van der Waals surface area contributed by atoms with Crippen LogP contribution in [0, 0.1) is 20.8 Å². The molecule has 0 aromatic carbocycles. The van der Waals surface area contributed by atoms with Gasteiger partial charge in [0.2, 0.25) is 0 Å². The van der Waals surface area contributed by atoms with Crippen molar-refractivity contribution in [2.75, 3.05) is 7.11 Å². The molecule has 0 radical (unpaired) electrons. The maximum absolute atomic E-state index is 12.1. The van der Waals surface area contributed by atoms with Crippen LogP contribution in [0.5, 0.6) is 0 Å². The molecule has 3 N–H and O–H groups in total. The summed E-state index contributed by atoms with van der Waals surface area (Å²) < 4.78 is 4.94. The Kier molecular flexibility index (Phi) is 7.21. The minimum Gasteiger partial charge on any atom is -0.469 e. The van der Waals surface area contributed by atoms with Crippen molar-refractivity contribution in [3.63, 3.8) is 0 Å². The van der Waals surface area contributed by atoms with Crippen LogP contribution >= 0.6 is 0 Å². The van der Waals surface area contributed by atoms with Gasteiger partial charge in [-0.05, 0) is 92.6 Å². The normalized spacial score (nSPS) is 16.9. The summed E-state index contributed by atoms with van der Waals surface area (Å²) in [7, 11) is 1.43. The van der Waals surface area contributed by atoms with E-state index in [0.29, 0.717) is 12.8 Å². The molecular weight excluding hydrogens is 488 g/mol. The average molecular weight is 527 g/mol. The van der Waals surface area contributed by atoms with E-state index in [9.17, 15) is 9.90 Å². The molecule has 0 saturated heterocycles. The number of allylic oxidation sites excluding steroid dienone is 1. The number of aliphatic hydroxyl groups excluding tert-OH is 1. The number of aliphatic hydroxyl groups is 1. The molecule has 0 fully saturated rings. The number of aryl methyl sites for hydroxylation is 3. The maximum atomic E-state index is 12.1. The average Bonchev–Trinajstić information content (AvgIpc) is 3.61. The number of aromatic amines is 2. The molecule has 0 amide bonds. The number of esters is 1. The van der Waals surface area contributed by atoms with Crippen molar-refractivity contribution in [3.05, 3.63) is 68.8 Å². The lowest BCUT2D eigenvalue weighted by Crippen LogP contribution is -2.08. The molecule has 0 aliphatic carbocycles. The number of nitrogens with zero attached hydrogens (tertiary/aromatic N) is 2. The van der Waals surface area contributed by atoms with Crippen molar-refractivity contribution in [3.8, 4) is 0 Å². The molecule has 2 aliphatic heterocycles. The third-order valence-electron chi connectivity index (χ3n) is 8.60. The van der Waals surface area contributed by atoms with Gasteiger partial charge in [-0.15, -0.1) is 0 Å². The summed E-state index contributed by atoms with van der Waals surface area (Å²) in [5.74, 6) is -0.0479. The van der Waals surface area contributed by atoms with Crippen LogP contribution < -0.4 is 0 Å². The van der Waals surface area contributed by atoms with Gasteiger partial charge in [0, 0.05) is 57.3 Å². The summed E-state index contributed by atoms with van der Waals surface area (Å²) in [5.41, 5.74) is 14.1. The number of ether oxygens (including phenoxy) is 1. The first-order valence-corrected chi connectivity index (χ1v) is 13.8. The third-order valence-corrected chi connectivity index (χ3v) is 8.60. The summed E-state index contributed by atoms with van der Waals surface area (Å²) in [6.45, 7) is 12.6. The van der Waals surface area contributed by atoms with E-state index in [1.165, 1.54) is 18.2 Å². The Balaban J connectivity index is 1.89. The van der Waals surface area contributed by atoms with Gasteiger partial charge in [0.1, 0.15) is 0 Å². The second-order valence-electron chi connectivity index (χ2n) is 10.8. The fourth-order valence-corrected chi connectivity index (χ4v) is 6.03. The predicted octanol–water partition coefficient (Wildman–Crippen LogP) is 6.70. The van der Waals surface area contributed by atoms with Gasteiger partial charge in [0.25, 0.3) is 0 Å². The summed E-state index contributed by atoms with van der Waals surface area (Å²) in [6, 6.07) is 6.33. The molecule has 204 valence electrons. The first-order valence-electron chi connectivity index (χ1n) is 13.8. The van der Waals surface area contributed by atoms with Crippen LogP contribution in [-0.2, 0) is 22.6 Å². The molecule has 3 aromatic rings. The van der Waals surface area contributed by atoms with Crippen molar-refractivity contribution in [1.82, 2.24) is 19.9 Å². The van der Waals surface area contributed by atoms with Crippen molar-refractivity contribution in [1.29, 1.82) is 0 Å². The Labute approximate surface area is 229 Å². The molecule has 5 rings (SSSR count). The zero-order valence-corrected chi connectivity index (χ0v) is 24.0. The number of nitrogens with one attached hydrogen (secondary N) is 2. The maximum Gasteiger partial charge on any atom is 0.305 e. The number of hydrogen-bond donors (Lipinski definition) is 3. The minimum atomic E-state index is -0.214. The Bertz CT molecular complexity index is 1660. The van der Waals surface area contributed by atoms with Crippen LogP contribution in [0.1, 0.15) is 96.0 Å². The molecular formula is C32H38N4O3. The fraction of sp³-hybridized carbons (Fsp3) is 0.406. The highest BCUT2D eigenvalue weighted by Crippen LogP contribution is 2.42. The number of hydrogen-bond acceptors (Lipinski definition) is 5. The molecule has 3 aromatic heterocycles. The van der Waals surface area contributed by atoms with E-state index in [1.807, 2.05) is 6.92 Å². The van der Waals surface area contributed by atoms with E-state index in [4.69, 9.17) is 14.7 Å². The first kappa shape index (κ1) is 26.9. The van der Waals surface area contributed by atoms with Crippen molar-refractivity contribution >= 4 is 39.7 Å². The number of aromatic nitrogens is 4. The van der Waals surface area contributed by atoms with Gasteiger partial charge in [-0.2, -0.15) is 0 Å². The predicted molar refractivity (Wildman–Crippen MR) is 156 cm³/mol. The summed E-state index contributed by atoms with van der Waals surface area (Å²) in [6.07, 6.45) is 4.01. The van der Waals surface area contributed by atoms with Crippen LogP contribution in [0.15, 0.2) is 18.2 Å². The van der Waals surface area contributed by atoms with E-state index >= 15 is 0 Å². The molecule has 5 heterocycles. The van der Waals surface area contributed by atoms with E-state index in [-0.39, 0.29) is 24.4 Å². The highest BCUT2D eigenvalue weighted by atomic mass is 16.5. The number of carbonyl (C=O) groups is 1. The number of rotatable bonds is 5. The van der Waals surface area contributed by atoms with Crippen molar-refractivity contribution in [2.45, 2.75) is 79.2 Å². The zero-order chi connectivity index (χ0) is 28.0. The Morgan fingerprint density at radius 3 is 2.28 bits per heavy atom. The molecule has 8 bridgehead atoms. The van der Waals surface area contributed by atoms with Gasteiger partial charge in [-0.3, -0.25) is 9.78 Å². The minimum absolute atomic E-state index is 0.0610. The molecule has 7 nitrogen and oxygen atoms in total. The zero-order valence-electron chi connectivity index (χ0n) is 24.0. The molecule has 2 aliphatic rings. The summed E-state index contributed by atoms with van der Waals surface area (Å²) in [4.78, 5) is 29.4. The topological polar surface area (TPSA) is 104 Å². The van der Waals surface area contributed by atoms with Crippen molar-refractivity contribution < 1.29 is 14.6 Å². The monoisotopic (exact) mass is 526 g/mol. The highest BCUT2D eigenvalue weighted by Gasteiger charge is 2.31. The SMILES string of the molecule is CCc1c(C)c2cc3[nH]c(cc4nc(c(C)c5nc(cc1[nH]2)C(C)=C5)[C@@H](CCC(=O)OC)[C@@H]4C)c(C)c3CO. The standard InChI is InChI=1S/C32H38N4O3/c1-8-21-17(3)27-14-30-23(15-37)19(5)26(35-30)13-28-18(4)22(9-10-31(38)39-7)32(36-28)20(6)25-11-16(2)24(33-25)12-29(21)34-27/h11-14,18,22,34-35,37H,8-10,15H2,1-7H3/t18-,22-/m0/s1. The van der Waals surface area contributed by atoms with Gasteiger partial charge in [-0.25, -0.2) is 4.98 Å². The van der Waals surface area contributed by atoms with Gasteiger partial charge in [0.05, 0.1) is 25.1 Å². The molecule has 0 saturated carbocycles. The summed E-state index contributed by atoms with van der Waals surface area (Å²) in [5, 5.41) is 10.3. The summed E-state index contributed by atoms with van der Waals surface area (Å²) >= 11 is 0. The number of methoxy groups -OCH3 is 1. The molecule has 7 heteroatoms. The first-order chi connectivity index (χ1) is 18.7. The number of H-pyrrole nitrogens is 2. The van der Waals surface area contributed by atoms with Crippen LogP contribution in [0.3, 0.4) is 0 Å². The quantitative estimate of drug-likeness (QED) is 0.321. The van der Waals surface area contributed by atoms with E-state index in [2.05, 4.69) is 68.9 Å². The van der Waals surface area contributed by atoms with Gasteiger partial charge < -0.3 is 19.8 Å². The lowest BCUT2D eigenvalue weighted by atomic mass is 9.86.